The van der Waals surface area contributed by atoms with Crippen molar-refractivity contribution >= 4 is 5.97 Å². The normalized spacial score (nSPS) is 29.2. The molecule has 162 valence electrons. The standard InChI is InChI=1S/C22H38N2O2.2HI/c1-9-20(25)26-22(19-13-11-10-12-14-19)15-18(2)24(7,8)17-21(22,3)16-23(4,5)6;;/h10-14,18H,9,15-17H2,1-8H3;2*1H/q+2;;/p-2. The van der Waals surface area contributed by atoms with E-state index in [0.717, 1.165) is 34.0 Å². The molecule has 0 amide bonds. The second-order valence-electron chi connectivity index (χ2n) is 10.0. The molecule has 1 aromatic carbocycles. The zero-order chi connectivity index (χ0) is 19.8. The number of benzene rings is 1. The molecule has 0 N–H and O–H groups in total. The Hall–Kier alpha value is 0.0700. The summed E-state index contributed by atoms with van der Waals surface area (Å²) in [5, 5.41) is 0. The van der Waals surface area contributed by atoms with Crippen LogP contribution in [0.1, 0.15) is 39.2 Å². The maximum Gasteiger partial charge on any atom is 0.306 e. The summed E-state index contributed by atoms with van der Waals surface area (Å²) in [4.78, 5) is 12.5. The second kappa shape index (κ2) is 9.92. The van der Waals surface area contributed by atoms with E-state index in [1.165, 1.54) is 0 Å². The fourth-order valence-electron chi connectivity index (χ4n) is 4.98. The third-order valence-corrected chi connectivity index (χ3v) is 6.15. The van der Waals surface area contributed by atoms with Crippen LogP contribution in [0, 0.1) is 5.41 Å². The van der Waals surface area contributed by atoms with Gasteiger partial charge in [0.25, 0.3) is 0 Å². The molecule has 0 spiro atoms. The maximum absolute atomic E-state index is 12.5. The predicted molar refractivity (Wildman–Crippen MR) is 107 cm³/mol. The van der Waals surface area contributed by atoms with Crippen molar-refractivity contribution in [2.75, 3.05) is 48.3 Å². The number of piperidine rings is 1. The number of halogens is 2. The molecule has 1 aliphatic heterocycles. The molecule has 2 rings (SSSR count). The molecule has 1 aliphatic rings. The summed E-state index contributed by atoms with van der Waals surface area (Å²) in [7, 11) is 11.3. The summed E-state index contributed by atoms with van der Waals surface area (Å²) < 4.78 is 8.16. The number of quaternary nitrogens is 2. The molecule has 4 nitrogen and oxygen atoms in total. The molecule has 0 radical (unpaired) electrons. The highest BCUT2D eigenvalue weighted by Crippen LogP contribution is 2.53. The van der Waals surface area contributed by atoms with Crippen LogP contribution in [0.2, 0.25) is 0 Å². The van der Waals surface area contributed by atoms with Gasteiger partial charge in [-0.3, -0.25) is 4.79 Å². The number of carbonyl (C=O) groups excluding carboxylic acids is 1. The van der Waals surface area contributed by atoms with E-state index in [4.69, 9.17) is 4.74 Å². The summed E-state index contributed by atoms with van der Waals surface area (Å²) in [6.07, 6.45) is 1.24. The van der Waals surface area contributed by atoms with Gasteiger partial charge in [0.05, 0.1) is 54.4 Å². The molecular weight excluding hydrogens is 578 g/mol. The Morgan fingerprint density at radius 2 is 1.71 bits per heavy atom. The number of rotatable bonds is 5. The van der Waals surface area contributed by atoms with Crippen molar-refractivity contribution < 1.29 is 66.5 Å². The first-order valence-electron chi connectivity index (χ1n) is 9.76. The number of hydrogen-bond acceptors (Lipinski definition) is 2. The Morgan fingerprint density at radius 3 is 2.18 bits per heavy atom. The van der Waals surface area contributed by atoms with E-state index in [1.54, 1.807) is 0 Å². The zero-order valence-electron chi connectivity index (χ0n) is 18.8. The molecule has 1 aromatic rings. The summed E-state index contributed by atoms with van der Waals surface area (Å²) >= 11 is 0. The molecule has 0 bridgehead atoms. The van der Waals surface area contributed by atoms with Crippen LogP contribution < -0.4 is 48.0 Å². The van der Waals surface area contributed by atoms with Crippen LogP contribution in [0.4, 0.5) is 0 Å². The number of esters is 1. The minimum absolute atomic E-state index is 0. The lowest BCUT2D eigenvalue weighted by Gasteiger charge is -2.58. The fourth-order valence-corrected chi connectivity index (χ4v) is 4.98. The molecule has 3 unspecified atom stereocenters. The van der Waals surface area contributed by atoms with E-state index < -0.39 is 5.60 Å². The SMILES string of the molecule is CCC(=O)OC1(c2ccccc2)CC(C)[N+](C)(C)CC1(C)C[N+](C)(C)C.[I-].[I-]. The smallest absolute Gasteiger partial charge is 0.306 e. The van der Waals surface area contributed by atoms with Gasteiger partial charge >= 0.3 is 5.97 Å². The van der Waals surface area contributed by atoms with E-state index in [1.807, 2.05) is 13.0 Å². The van der Waals surface area contributed by atoms with Gasteiger partial charge in [-0.25, -0.2) is 0 Å². The van der Waals surface area contributed by atoms with Crippen molar-refractivity contribution in [1.29, 1.82) is 0 Å². The minimum Gasteiger partial charge on any atom is -1.00 e. The van der Waals surface area contributed by atoms with E-state index in [9.17, 15) is 4.79 Å². The first-order valence-corrected chi connectivity index (χ1v) is 9.76. The topological polar surface area (TPSA) is 26.3 Å². The molecule has 1 heterocycles. The van der Waals surface area contributed by atoms with Gasteiger partial charge in [0.2, 0.25) is 0 Å². The van der Waals surface area contributed by atoms with E-state index in [-0.39, 0.29) is 59.3 Å². The molecule has 0 aliphatic carbocycles. The highest BCUT2D eigenvalue weighted by molar-refractivity contribution is 5.70. The quantitative estimate of drug-likeness (QED) is 0.207. The van der Waals surface area contributed by atoms with Crippen molar-refractivity contribution in [3.8, 4) is 0 Å². The Morgan fingerprint density at radius 1 is 1.18 bits per heavy atom. The van der Waals surface area contributed by atoms with Crippen LogP contribution in [0.25, 0.3) is 0 Å². The van der Waals surface area contributed by atoms with Gasteiger partial charge in [0.1, 0.15) is 5.41 Å². The van der Waals surface area contributed by atoms with E-state index >= 15 is 0 Å². The van der Waals surface area contributed by atoms with Gasteiger partial charge in [-0.05, 0) is 19.4 Å². The number of carbonyl (C=O) groups is 1. The number of nitrogens with zero attached hydrogens (tertiary/aromatic N) is 2. The minimum atomic E-state index is -0.597. The van der Waals surface area contributed by atoms with Crippen molar-refractivity contribution in [1.82, 2.24) is 0 Å². The zero-order valence-corrected chi connectivity index (χ0v) is 23.1. The lowest BCUT2D eigenvalue weighted by Crippen LogP contribution is -3.00. The Labute approximate surface area is 206 Å². The summed E-state index contributed by atoms with van der Waals surface area (Å²) in [5.41, 5.74) is 0.359. The van der Waals surface area contributed by atoms with Crippen molar-refractivity contribution in [3.05, 3.63) is 35.9 Å². The Bertz CT molecular complexity index is 646. The second-order valence-corrected chi connectivity index (χ2v) is 10.0. The van der Waals surface area contributed by atoms with Gasteiger partial charge in [0, 0.05) is 12.8 Å². The molecule has 28 heavy (non-hydrogen) atoms. The molecule has 6 heteroatoms. The van der Waals surface area contributed by atoms with E-state index in [0.29, 0.717) is 12.5 Å². The monoisotopic (exact) mass is 616 g/mol. The maximum atomic E-state index is 12.5. The summed E-state index contributed by atoms with van der Waals surface area (Å²) in [5.74, 6) is -0.110. The van der Waals surface area contributed by atoms with E-state index in [2.05, 4.69) is 73.4 Å². The average Bonchev–Trinajstić information content (AvgIpc) is 2.51. The van der Waals surface area contributed by atoms with Gasteiger partial charge in [0.15, 0.2) is 5.60 Å². The first-order chi connectivity index (χ1) is 11.9. The van der Waals surface area contributed by atoms with Crippen molar-refractivity contribution in [2.24, 2.45) is 5.41 Å². The van der Waals surface area contributed by atoms with Crippen LogP contribution in [0.5, 0.6) is 0 Å². The number of hydrogen-bond donors (Lipinski definition) is 0. The van der Waals surface area contributed by atoms with Crippen molar-refractivity contribution in [3.63, 3.8) is 0 Å². The lowest BCUT2D eigenvalue weighted by atomic mass is 9.62. The van der Waals surface area contributed by atoms with Crippen LogP contribution in [0.3, 0.4) is 0 Å². The Kier molecular flexibility index (Phi) is 9.94. The lowest BCUT2D eigenvalue weighted by molar-refractivity contribution is -0.941. The number of ether oxygens (including phenoxy) is 1. The van der Waals surface area contributed by atoms with Gasteiger partial charge < -0.3 is 61.7 Å². The van der Waals surface area contributed by atoms with Crippen LogP contribution in [-0.2, 0) is 15.1 Å². The number of likely N-dealkylation sites (tertiary alicyclic amines) is 1. The molecular formula is C22H38I2N2O2. The highest BCUT2D eigenvalue weighted by atomic mass is 127. The third-order valence-electron chi connectivity index (χ3n) is 6.15. The Balaban J connectivity index is 0.00000364. The highest BCUT2D eigenvalue weighted by Gasteiger charge is 2.63. The van der Waals surface area contributed by atoms with Crippen LogP contribution in [-0.4, -0.2) is 69.3 Å². The van der Waals surface area contributed by atoms with Gasteiger partial charge in [-0.15, -0.1) is 0 Å². The first kappa shape index (κ1) is 28.1. The largest absolute Gasteiger partial charge is 1.00 e. The average molecular weight is 616 g/mol. The molecule has 0 saturated carbocycles. The van der Waals surface area contributed by atoms with Gasteiger partial charge in [-0.1, -0.05) is 37.3 Å². The third kappa shape index (κ3) is 5.82. The molecule has 3 atom stereocenters. The molecule has 1 fully saturated rings. The van der Waals surface area contributed by atoms with Gasteiger partial charge in [-0.2, -0.15) is 0 Å². The predicted octanol–water partition coefficient (Wildman–Crippen LogP) is -2.58. The van der Waals surface area contributed by atoms with Crippen LogP contribution >= 0.6 is 0 Å². The van der Waals surface area contributed by atoms with Crippen LogP contribution in [0.15, 0.2) is 30.3 Å². The summed E-state index contributed by atoms with van der Waals surface area (Å²) in [6, 6.07) is 10.8. The fraction of sp³-hybridized carbons (Fsp3) is 0.682. The van der Waals surface area contributed by atoms with Crippen molar-refractivity contribution in [2.45, 2.75) is 45.3 Å². The molecule has 1 saturated heterocycles. The molecule has 0 aromatic heterocycles. The summed E-state index contributed by atoms with van der Waals surface area (Å²) in [6.45, 7) is 8.38.